The molecule has 0 bridgehead atoms. The molecule has 0 aromatic heterocycles. The minimum absolute atomic E-state index is 0.0657. The third-order valence-electron chi connectivity index (χ3n) is 6.99. The molecule has 0 aliphatic heterocycles. The standard InChI is InChI=1S/C32H30N2O4/c1-21(23-15-17-24(35)18-16-23)33-31(36)30(19-22-9-3-2-4-10-22)34-32(37)38-20-29-27-13-7-5-11-25(27)26-12-6-8-14-28(26)29/h2-18,21,29-30,35H,19-20H2,1H3,(H,33,36)(H,34,37)/t21-,30+/m0/s1. The van der Waals surface area contributed by atoms with Crippen molar-refractivity contribution in [3.05, 3.63) is 125 Å². The lowest BCUT2D eigenvalue weighted by atomic mass is 9.98. The molecule has 1 aliphatic carbocycles. The van der Waals surface area contributed by atoms with Crippen LogP contribution >= 0.6 is 0 Å². The fourth-order valence-electron chi connectivity index (χ4n) is 5.00. The maximum absolute atomic E-state index is 13.3. The van der Waals surface area contributed by atoms with Crippen molar-refractivity contribution in [3.63, 3.8) is 0 Å². The van der Waals surface area contributed by atoms with Gasteiger partial charge in [0.05, 0.1) is 6.04 Å². The highest BCUT2D eigenvalue weighted by Gasteiger charge is 2.30. The zero-order chi connectivity index (χ0) is 26.5. The van der Waals surface area contributed by atoms with Crippen LogP contribution in [0.3, 0.4) is 0 Å². The Bertz CT molecular complexity index is 1370. The van der Waals surface area contributed by atoms with Crippen molar-refractivity contribution < 1.29 is 19.4 Å². The van der Waals surface area contributed by atoms with Gasteiger partial charge in [0.2, 0.25) is 5.91 Å². The zero-order valence-corrected chi connectivity index (χ0v) is 21.1. The molecule has 2 amide bonds. The van der Waals surface area contributed by atoms with Gasteiger partial charge in [0.25, 0.3) is 0 Å². The van der Waals surface area contributed by atoms with Crippen molar-refractivity contribution in [2.24, 2.45) is 0 Å². The van der Waals surface area contributed by atoms with Crippen LogP contribution in [0.25, 0.3) is 11.1 Å². The minimum Gasteiger partial charge on any atom is -0.508 e. The predicted octanol–water partition coefficient (Wildman–Crippen LogP) is 5.72. The van der Waals surface area contributed by atoms with Crippen LogP contribution < -0.4 is 10.6 Å². The van der Waals surface area contributed by atoms with Crippen molar-refractivity contribution in [2.75, 3.05) is 6.61 Å². The van der Waals surface area contributed by atoms with Gasteiger partial charge in [0, 0.05) is 12.3 Å². The molecule has 38 heavy (non-hydrogen) atoms. The maximum atomic E-state index is 13.3. The van der Waals surface area contributed by atoms with Gasteiger partial charge in [0.1, 0.15) is 18.4 Å². The monoisotopic (exact) mass is 506 g/mol. The number of phenols is 1. The normalized spacial score (nSPS) is 13.6. The molecule has 6 nitrogen and oxygen atoms in total. The van der Waals surface area contributed by atoms with E-state index in [1.807, 2.05) is 61.5 Å². The summed E-state index contributed by atoms with van der Waals surface area (Å²) in [6.07, 6.45) is -0.320. The van der Waals surface area contributed by atoms with Crippen molar-refractivity contribution in [1.29, 1.82) is 0 Å². The topological polar surface area (TPSA) is 87.7 Å². The SMILES string of the molecule is C[C@H](NC(=O)[C@@H](Cc1ccccc1)NC(=O)OCC1c2ccccc2-c2ccccc21)c1ccc(O)cc1. The Kier molecular flexibility index (Phi) is 7.40. The van der Waals surface area contributed by atoms with Gasteiger partial charge < -0.3 is 20.5 Å². The molecule has 5 rings (SSSR count). The highest BCUT2D eigenvalue weighted by atomic mass is 16.5. The quantitative estimate of drug-likeness (QED) is 0.285. The number of carbonyl (C=O) groups excluding carboxylic acids is 2. The van der Waals surface area contributed by atoms with Crippen LogP contribution in [0.5, 0.6) is 5.75 Å². The summed E-state index contributed by atoms with van der Waals surface area (Å²) in [6.45, 7) is 2.03. The number of fused-ring (bicyclic) bond motifs is 3. The van der Waals surface area contributed by atoms with E-state index in [1.165, 1.54) is 0 Å². The second-order valence-electron chi connectivity index (χ2n) is 9.53. The van der Waals surface area contributed by atoms with Gasteiger partial charge in [-0.25, -0.2) is 4.79 Å². The molecular formula is C32H30N2O4. The zero-order valence-electron chi connectivity index (χ0n) is 21.1. The molecule has 3 N–H and O–H groups in total. The Hall–Kier alpha value is -4.58. The van der Waals surface area contributed by atoms with E-state index < -0.39 is 12.1 Å². The fraction of sp³-hybridized carbons (Fsp3) is 0.188. The number of hydrogen-bond donors (Lipinski definition) is 3. The van der Waals surface area contributed by atoms with Crippen molar-refractivity contribution in [2.45, 2.75) is 31.3 Å². The summed E-state index contributed by atoms with van der Waals surface area (Å²) in [5.41, 5.74) is 6.33. The van der Waals surface area contributed by atoms with Crippen molar-refractivity contribution in [1.82, 2.24) is 10.6 Å². The van der Waals surface area contributed by atoms with E-state index in [1.54, 1.807) is 24.3 Å². The Balaban J connectivity index is 1.28. The molecule has 6 heteroatoms. The number of nitrogens with one attached hydrogen (secondary N) is 2. The number of amides is 2. The molecule has 192 valence electrons. The summed E-state index contributed by atoms with van der Waals surface area (Å²) in [5.74, 6) is -0.224. The molecule has 0 spiro atoms. The molecule has 2 atom stereocenters. The third kappa shape index (κ3) is 5.54. The second kappa shape index (κ2) is 11.2. The average molecular weight is 507 g/mol. The fourth-order valence-corrected chi connectivity index (χ4v) is 5.00. The van der Waals surface area contributed by atoms with Gasteiger partial charge in [-0.1, -0.05) is 91.0 Å². The van der Waals surface area contributed by atoms with E-state index in [4.69, 9.17) is 4.74 Å². The molecule has 0 fully saturated rings. The Morgan fingerprint density at radius 2 is 1.37 bits per heavy atom. The summed E-state index contributed by atoms with van der Waals surface area (Å²) in [7, 11) is 0. The Morgan fingerprint density at radius 3 is 2.00 bits per heavy atom. The largest absolute Gasteiger partial charge is 0.508 e. The summed E-state index contributed by atoms with van der Waals surface area (Å²) in [5, 5.41) is 15.3. The van der Waals surface area contributed by atoms with Gasteiger partial charge in [0.15, 0.2) is 0 Å². The number of aromatic hydroxyl groups is 1. The first kappa shape index (κ1) is 25.1. The van der Waals surface area contributed by atoms with Gasteiger partial charge in [-0.05, 0) is 52.4 Å². The molecule has 0 unspecified atom stereocenters. The Morgan fingerprint density at radius 1 is 0.789 bits per heavy atom. The number of rotatable bonds is 8. The summed E-state index contributed by atoms with van der Waals surface area (Å²) < 4.78 is 5.70. The number of hydrogen-bond acceptors (Lipinski definition) is 4. The molecule has 4 aromatic rings. The van der Waals surface area contributed by atoms with Crippen LogP contribution in [0.2, 0.25) is 0 Å². The number of carbonyl (C=O) groups is 2. The van der Waals surface area contributed by atoms with E-state index >= 15 is 0 Å². The van der Waals surface area contributed by atoms with E-state index in [9.17, 15) is 14.7 Å². The van der Waals surface area contributed by atoms with Crippen molar-refractivity contribution >= 4 is 12.0 Å². The molecule has 0 saturated heterocycles. The first-order valence-electron chi connectivity index (χ1n) is 12.7. The lowest BCUT2D eigenvalue weighted by Gasteiger charge is -2.22. The highest BCUT2D eigenvalue weighted by molar-refractivity contribution is 5.86. The highest BCUT2D eigenvalue weighted by Crippen LogP contribution is 2.44. The van der Waals surface area contributed by atoms with Crippen LogP contribution in [-0.2, 0) is 16.0 Å². The van der Waals surface area contributed by atoms with E-state index in [2.05, 4.69) is 34.9 Å². The molecule has 4 aromatic carbocycles. The van der Waals surface area contributed by atoms with Crippen LogP contribution in [0.1, 0.15) is 41.1 Å². The van der Waals surface area contributed by atoms with E-state index in [-0.39, 0.29) is 30.2 Å². The summed E-state index contributed by atoms with van der Waals surface area (Å²) >= 11 is 0. The summed E-state index contributed by atoms with van der Waals surface area (Å²) in [4.78, 5) is 26.3. The third-order valence-corrected chi connectivity index (χ3v) is 6.99. The first-order chi connectivity index (χ1) is 18.5. The number of benzene rings is 4. The molecule has 1 aliphatic rings. The molecule has 0 saturated carbocycles. The van der Waals surface area contributed by atoms with Gasteiger partial charge in [-0.2, -0.15) is 0 Å². The number of alkyl carbamates (subject to hydrolysis) is 1. The van der Waals surface area contributed by atoms with Crippen LogP contribution in [0.15, 0.2) is 103 Å². The van der Waals surface area contributed by atoms with Crippen LogP contribution in [0, 0.1) is 0 Å². The lowest BCUT2D eigenvalue weighted by molar-refractivity contribution is -0.123. The summed E-state index contributed by atoms with van der Waals surface area (Å²) in [6, 6.07) is 31.4. The maximum Gasteiger partial charge on any atom is 0.407 e. The number of phenolic OH excluding ortho intramolecular Hbond substituents is 1. The smallest absolute Gasteiger partial charge is 0.407 e. The number of ether oxygens (including phenoxy) is 1. The predicted molar refractivity (Wildman–Crippen MR) is 147 cm³/mol. The van der Waals surface area contributed by atoms with Gasteiger partial charge in [-0.15, -0.1) is 0 Å². The van der Waals surface area contributed by atoms with Gasteiger partial charge in [-0.3, -0.25) is 4.79 Å². The average Bonchev–Trinajstić information content (AvgIpc) is 3.26. The Labute approximate surface area is 222 Å². The van der Waals surface area contributed by atoms with Gasteiger partial charge >= 0.3 is 6.09 Å². The first-order valence-corrected chi connectivity index (χ1v) is 12.7. The van der Waals surface area contributed by atoms with Crippen LogP contribution in [0.4, 0.5) is 4.79 Å². The van der Waals surface area contributed by atoms with E-state index in [0.29, 0.717) is 6.42 Å². The molecule has 0 heterocycles. The minimum atomic E-state index is -0.826. The second-order valence-corrected chi connectivity index (χ2v) is 9.53. The van der Waals surface area contributed by atoms with E-state index in [0.717, 1.165) is 33.4 Å². The molecular weight excluding hydrogens is 476 g/mol. The molecule has 0 radical (unpaired) electrons. The van der Waals surface area contributed by atoms with Crippen LogP contribution in [-0.4, -0.2) is 29.8 Å². The lowest BCUT2D eigenvalue weighted by Crippen LogP contribution is -2.48. The van der Waals surface area contributed by atoms with Crippen molar-refractivity contribution in [3.8, 4) is 16.9 Å².